The van der Waals surface area contributed by atoms with Crippen LogP contribution in [0.4, 0.5) is 24.7 Å². The van der Waals surface area contributed by atoms with E-state index in [1.54, 1.807) is 18.3 Å². The Bertz CT molecular complexity index is 1440. The number of fused-ring (bicyclic) bond motifs is 1. The molecule has 10 nitrogen and oxygen atoms in total. The number of anilines is 2. The predicted molar refractivity (Wildman–Crippen MR) is 132 cm³/mol. The molecule has 2 aromatic heterocycles. The summed E-state index contributed by atoms with van der Waals surface area (Å²) in [5.74, 6) is 3.87. The smallest absolute Gasteiger partial charge is 0.422 e. The van der Waals surface area contributed by atoms with Gasteiger partial charge in [0.1, 0.15) is 5.52 Å². The Balaban J connectivity index is 1.86. The van der Waals surface area contributed by atoms with Crippen LogP contribution < -0.4 is 26.0 Å². The maximum Gasteiger partial charge on any atom is 0.471 e. The van der Waals surface area contributed by atoms with E-state index in [0.717, 1.165) is 0 Å². The zero-order valence-corrected chi connectivity index (χ0v) is 19.9. The van der Waals surface area contributed by atoms with E-state index in [1.807, 2.05) is 4.90 Å². The first-order valence-corrected chi connectivity index (χ1v) is 11.4. The first kappa shape index (κ1) is 25.8. The summed E-state index contributed by atoms with van der Waals surface area (Å²) in [4.78, 5) is 35.8. The molecule has 0 unspecified atom stereocenters. The number of aromatic nitrogens is 4. The highest BCUT2D eigenvalue weighted by Gasteiger charge is 2.39. The molecule has 0 atom stereocenters. The summed E-state index contributed by atoms with van der Waals surface area (Å²) in [5, 5.41) is 5.06. The number of halogens is 3. The van der Waals surface area contributed by atoms with E-state index >= 15 is 0 Å². The van der Waals surface area contributed by atoms with E-state index in [-0.39, 0.29) is 41.9 Å². The number of nitrogens with one attached hydrogen (secondary N) is 2. The Labute approximate surface area is 209 Å². The first-order chi connectivity index (χ1) is 17.7. The van der Waals surface area contributed by atoms with Crippen LogP contribution in [0.2, 0.25) is 0 Å². The van der Waals surface area contributed by atoms with E-state index in [9.17, 15) is 22.8 Å². The molecule has 0 radical (unpaired) electrons. The number of ether oxygens (including phenoxy) is 1. The van der Waals surface area contributed by atoms with Crippen molar-refractivity contribution in [1.29, 1.82) is 0 Å². The van der Waals surface area contributed by atoms with Crippen molar-refractivity contribution in [3.63, 3.8) is 0 Å². The number of benzene rings is 1. The van der Waals surface area contributed by atoms with Crippen LogP contribution in [0.25, 0.3) is 11.2 Å². The fourth-order valence-electron chi connectivity index (χ4n) is 3.87. The third kappa shape index (κ3) is 5.44. The summed E-state index contributed by atoms with van der Waals surface area (Å²) in [6.45, 7) is 8.19. The number of piperazine rings is 1. The number of carbonyl (C=O) groups is 1. The number of alkyl halides is 3. The van der Waals surface area contributed by atoms with Crippen LogP contribution in [0.1, 0.15) is 6.92 Å². The molecule has 0 saturated carbocycles. The summed E-state index contributed by atoms with van der Waals surface area (Å²) in [5.41, 5.74) is 0.149. The number of hydrogen-bond donors (Lipinski definition) is 2. The fourth-order valence-corrected chi connectivity index (χ4v) is 3.87. The maximum atomic E-state index is 13.3. The topological polar surface area (TPSA) is 106 Å². The Kier molecular flexibility index (Phi) is 7.49. The van der Waals surface area contributed by atoms with Crippen LogP contribution in [-0.2, 0) is 17.9 Å². The van der Waals surface area contributed by atoms with Gasteiger partial charge in [-0.15, -0.1) is 12.5 Å². The lowest BCUT2D eigenvalue weighted by atomic mass is 10.3. The minimum absolute atomic E-state index is 0.0976. The first-order valence-electron chi connectivity index (χ1n) is 11.4. The Morgan fingerprint density at radius 3 is 2.65 bits per heavy atom. The lowest BCUT2D eigenvalue weighted by Crippen LogP contribution is -2.44. The molecule has 3 heterocycles. The van der Waals surface area contributed by atoms with Gasteiger partial charge in [-0.25, -0.2) is 4.79 Å². The van der Waals surface area contributed by atoms with Crippen molar-refractivity contribution >= 4 is 28.6 Å². The maximum absolute atomic E-state index is 13.3. The molecule has 1 saturated heterocycles. The quantitative estimate of drug-likeness (QED) is 0.368. The van der Waals surface area contributed by atoms with Gasteiger partial charge in [0.2, 0.25) is 0 Å². The molecular formula is C24H24F3N7O3. The van der Waals surface area contributed by atoms with Gasteiger partial charge >= 0.3 is 23.8 Å². The van der Waals surface area contributed by atoms with Crippen molar-refractivity contribution < 1.29 is 22.7 Å². The highest BCUT2D eigenvalue weighted by Crippen LogP contribution is 2.32. The third-order valence-corrected chi connectivity index (χ3v) is 5.55. The number of para-hydroxylation sites is 2. The van der Waals surface area contributed by atoms with Crippen LogP contribution in [0.5, 0.6) is 11.8 Å². The average Bonchev–Trinajstić information content (AvgIpc) is 3.14. The number of allylic oxidation sites excluding steroid dienone is 1. The Hall–Kier alpha value is -4.31. The highest BCUT2D eigenvalue weighted by atomic mass is 19.4. The van der Waals surface area contributed by atoms with Crippen LogP contribution >= 0.6 is 0 Å². The number of nitrogens with zero attached hydrogens (tertiary/aromatic N) is 5. The molecule has 1 aliphatic rings. The number of carbonyl (C=O) groups excluding carboxylic acids is 1. The number of imidazole rings is 1. The Morgan fingerprint density at radius 2 is 1.97 bits per heavy atom. The lowest BCUT2D eigenvalue weighted by Gasteiger charge is -2.29. The molecule has 1 fully saturated rings. The zero-order valence-electron chi connectivity index (χ0n) is 19.9. The summed E-state index contributed by atoms with van der Waals surface area (Å²) in [6, 6.07) is 5.42. The molecule has 1 amide bonds. The standard InChI is InChI=1S/C24H24F3N7O3/c1-3-5-13-33-18-19(32-14-10-28-11-15-32)30-22(31-20(18)34(12-4-2)23(33)36)37-17-9-7-6-8-16(17)29-21(35)24(25,26)27/h4,6-9,28H,2,10-15H2,1H3,(H,29,35). The van der Waals surface area contributed by atoms with E-state index in [0.29, 0.717) is 37.5 Å². The minimum atomic E-state index is -5.08. The molecule has 0 bridgehead atoms. The second-order valence-corrected chi connectivity index (χ2v) is 7.98. The molecule has 0 spiro atoms. The summed E-state index contributed by atoms with van der Waals surface area (Å²) >= 11 is 0. The van der Waals surface area contributed by atoms with Crippen molar-refractivity contribution in [1.82, 2.24) is 24.4 Å². The molecule has 2 N–H and O–H groups in total. The normalized spacial score (nSPS) is 13.7. The fraction of sp³-hybridized carbons (Fsp3) is 0.333. The van der Waals surface area contributed by atoms with Crippen molar-refractivity contribution in [2.24, 2.45) is 0 Å². The number of amides is 1. The predicted octanol–water partition coefficient (Wildman–Crippen LogP) is 2.50. The van der Waals surface area contributed by atoms with Crippen molar-refractivity contribution in [3.8, 4) is 23.6 Å². The summed E-state index contributed by atoms with van der Waals surface area (Å²) < 4.78 is 47.2. The zero-order chi connectivity index (χ0) is 26.6. The largest absolute Gasteiger partial charge is 0.471 e. The molecule has 194 valence electrons. The molecule has 0 aliphatic carbocycles. The average molecular weight is 515 g/mol. The second-order valence-electron chi connectivity index (χ2n) is 7.98. The highest BCUT2D eigenvalue weighted by molar-refractivity contribution is 5.96. The van der Waals surface area contributed by atoms with Gasteiger partial charge in [-0.05, 0) is 19.1 Å². The van der Waals surface area contributed by atoms with E-state index < -0.39 is 12.1 Å². The van der Waals surface area contributed by atoms with Crippen molar-refractivity contribution in [2.75, 3.05) is 36.4 Å². The van der Waals surface area contributed by atoms with Gasteiger partial charge in [-0.3, -0.25) is 13.9 Å². The summed E-state index contributed by atoms with van der Waals surface area (Å²) in [7, 11) is 0. The van der Waals surface area contributed by atoms with Gasteiger partial charge in [0.25, 0.3) is 0 Å². The lowest BCUT2D eigenvalue weighted by molar-refractivity contribution is -0.167. The van der Waals surface area contributed by atoms with Crippen molar-refractivity contribution in [2.45, 2.75) is 26.2 Å². The van der Waals surface area contributed by atoms with Gasteiger partial charge < -0.3 is 20.3 Å². The summed E-state index contributed by atoms with van der Waals surface area (Å²) in [6.07, 6.45) is -3.53. The molecule has 13 heteroatoms. The van der Waals surface area contributed by atoms with Gasteiger partial charge in [0.05, 0.1) is 12.2 Å². The Morgan fingerprint density at radius 1 is 1.24 bits per heavy atom. The van der Waals surface area contributed by atoms with E-state index in [1.165, 1.54) is 33.4 Å². The molecular weight excluding hydrogens is 491 g/mol. The van der Waals surface area contributed by atoms with Crippen LogP contribution in [-0.4, -0.2) is 57.4 Å². The van der Waals surface area contributed by atoms with Gasteiger partial charge in [0.15, 0.2) is 17.2 Å². The van der Waals surface area contributed by atoms with E-state index in [4.69, 9.17) is 4.74 Å². The third-order valence-electron chi connectivity index (χ3n) is 5.55. The molecule has 1 aromatic carbocycles. The van der Waals surface area contributed by atoms with Crippen LogP contribution in [0.15, 0.2) is 41.7 Å². The molecule has 37 heavy (non-hydrogen) atoms. The minimum Gasteiger partial charge on any atom is -0.422 e. The van der Waals surface area contributed by atoms with Crippen LogP contribution in [0.3, 0.4) is 0 Å². The van der Waals surface area contributed by atoms with Gasteiger partial charge in [-0.1, -0.05) is 24.1 Å². The molecule has 4 rings (SSSR count). The molecule has 1 aliphatic heterocycles. The number of rotatable bonds is 7. The number of hydrogen-bond acceptors (Lipinski definition) is 7. The van der Waals surface area contributed by atoms with Gasteiger partial charge in [0, 0.05) is 32.7 Å². The van der Waals surface area contributed by atoms with Crippen molar-refractivity contribution in [3.05, 3.63) is 47.4 Å². The van der Waals surface area contributed by atoms with E-state index in [2.05, 4.69) is 33.7 Å². The van der Waals surface area contributed by atoms with Gasteiger partial charge in [-0.2, -0.15) is 23.1 Å². The second kappa shape index (κ2) is 10.8. The van der Waals surface area contributed by atoms with Crippen LogP contribution in [0, 0.1) is 11.8 Å². The monoisotopic (exact) mass is 515 g/mol. The molecule has 3 aromatic rings. The SMILES string of the molecule is C=CCn1c(=O)n(CC#CC)c2c(N3CCNCC3)nc(Oc3ccccc3NC(=O)C(F)(F)F)nc21.